The van der Waals surface area contributed by atoms with Gasteiger partial charge in [-0.15, -0.1) is 0 Å². The topological polar surface area (TPSA) is 58.6 Å². The molecule has 26 heavy (non-hydrogen) atoms. The second-order valence-corrected chi connectivity index (χ2v) is 6.64. The van der Waals surface area contributed by atoms with E-state index in [1.807, 2.05) is 44.2 Å². The Balaban J connectivity index is 1.72. The SMILES string of the molecule is COc1ccc(C)cc1[C@@H](C)NC(=O)c1ccc(N2CCCC2=O)cc1. The number of methoxy groups -OCH3 is 1. The molecule has 3 rings (SSSR count). The summed E-state index contributed by atoms with van der Waals surface area (Å²) in [5.41, 5.74) is 3.47. The monoisotopic (exact) mass is 352 g/mol. The van der Waals surface area contributed by atoms with E-state index < -0.39 is 0 Å². The molecule has 2 amide bonds. The summed E-state index contributed by atoms with van der Waals surface area (Å²) in [5, 5.41) is 3.01. The fourth-order valence-corrected chi connectivity index (χ4v) is 3.26. The highest BCUT2D eigenvalue weighted by molar-refractivity contribution is 5.97. The number of anilines is 1. The Morgan fingerprint density at radius 1 is 1.19 bits per heavy atom. The smallest absolute Gasteiger partial charge is 0.251 e. The molecule has 0 radical (unpaired) electrons. The number of hydrogen-bond acceptors (Lipinski definition) is 3. The summed E-state index contributed by atoms with van der Waals surface area (Å²) in [6.45, 7) is 4.69. The van der Waals surface area contributed by atoms with Gasteiger partial charge in [-0.3, -0.25) is 9.59 Å². The van der Waals surface area contributed by atoms with Gasteiger partial charge in [0.1, 0.15) is 5.75 Å². The quantitative estimate of drug-likeness (QED) is 0.894. The number of carbonyl (C=O) groups excluding carboxylic acids is 2. The first-order valence-corrected chi connectivity index (χ1v) is 8.85. The molecule has 136 valence electrons. The Bertz CT molecular complexity index is 815. The van der Waals surface area contributed by atoms with Crippen LogP contribution in [0.3, 0.4) is 0 Å². The standard InChI is InChI=1S/C21H24N2O3/c1-14-6-11-19(26-3)18(13-14)15(2)22-21(25)16-7-9-17(10-8-16)23-12-4-5-20(23)24/h6-11,13,15H,4-5,12H2,1-3H3,(H,22,25)/t15-/m1/s1. The highest BCUT2D eigenvalue weighted by Gasteiger charge is 2.22. The maximum Gasteiger partial charge on any atom is 0.251 e. The molecule has 2 aromatic rings. The van der Waals surface area contributed by atoms with Crippen LogP contribution in [-0.4, -0.2) is 25.5 Å². The Hall–Kier alpha value is -2.82. The number of amides is 2. The molecular weight excluding hydrogens is 328 g/mol. The average molecular weight is 352 g/mol. The number of nitrogens with zero attached hydrogens (tertiary/aromatic N) is 1. The van der Waals surface area contributed by atoms with Crippen molar-refractivity contribution in [3.8, 4) is 5.75 Å². The first-order valence-electron chi connectivity index (χ1n) is 8.85. The normalized spacial score (nSPS) is 15.0. The Kier molecular flexibility index (Phi) is 5.26. The first-order chi connectivity index (χ1) is 12.5. The van der Waals surface area contributed by atoms with Crippen LogP contribution in [0.2, 0.25) is 0 Å². The zero-order chi connectivity index (χ0) is 18.7. The van der Waals surface area contributed by atoms with Crippen LogP contribution in [-0.2, 0) is 4.79 Å². The van der Waals surface area contributed by atoms with Crippen LogP contribution in [0.15, 0.2) is 42.5 Å². The summed E-state index contributed by atoms with van der Waals surface area (Å²) in [4.78, 5) is 26.2. The third kappa shape index (κ3) is 3.72. The summed E-state index contributed by atoms with van der Waals surface area (Å²) in [5.74, 6) is 0.744. The van der Waals surface area contributed by atoms with Gasteiger partial charge in [0.25, 0.3) is 5.91 Å². The highest BCUT2D eigenvalue weighted by Crippen LogP contribution is 2.27. The molecular formula is C21H24N2O3. The molecule has 0 bridgehead atoms. The minimum absolute atomic E-state index is 0.141. The van der Waals surface area contributed by atoms with Crippen molar-refractivity contribution in [3.63, 3.8) is 0 Å². The Labute approximate surface area is 154 Å². The number of rotatable bonds is 5. The van der Waals surface area contributed by atoms with Gasteiger partial charge >= 0.3 is 0 Å². The lowest BCUT2D eigenvalue weighted by Crippen LogP contribution is -2.27. The van der Waals surface area contributed by atoms with E-state index >= 15 is 0 Å². The van der Waals surface area contributed by atoms with Gasteiger partial charge in [-0.2, -0.15) is 0 Å². The predicted octanol–water partition coefficient (Wildman–Crippen LogP) is 3.62. The number of ether oxygens (including phenoxy) is 1. The van der Waals surface area contributed by atoms with Crippen molar-refractivity contribution in [3.05, 3.63) is 59.2 Å². The largest absolute Gasteiger partial charge is 0.496 e. The van der Waals surface area contributed by atoms with Crippen molar-refractivity contribution in [1.82, 2.24) is 5.32 Å². The second-order valence-electron chi connectivity index (χ2n) is 6.64. The zero-order valence-electron chi connectivity index (χ0n) is 15.4. The molecule has 1 saturated heterocycles. The van der Waals surface area contributed by atoms with E-state index in [1.165, 1.54) is 0 Å². The third-order valence-electron chi connectivity index (χ3n) is 4.71. The van der Waals surface area contributed by atoms with E-state index in [0.717, 1.165) is 35.5 Å². The summed E-state index contributed by atoms with van der Waals surface area (Å²) >= 11 is 0. The van der Waals surface area contributed by atoms with Crippen LogP contribution >= 0.6 is 0 Å². The van der Waals surface area contributed by atoms with Gasteiger partial charge in [0, 0.05) is 29.8 Å². The number of aryl methyl sites for hydroxylation is 1. The molecule has 0 aliphatic carbocycles. The number of benzene rings is 2. The van der Waals surface area contributed by atoms with Gasteiger partial charge in [0.15, 0.2) is 0 Å². The van der Waals surface area contributed by atoms with Crippen molar-refractivity contribution in [2.45, 2.75) is 32.7 Å². The molecule has 1 atom stereocenters. The van der Waals surface area contributed by atoms with Gasteiger partial charge in [-0.25, -0.2) is 0 Å². The van der Waals surface area contributed by atoms with E-state index in [4.69, 9.17) is 4.74 Å². The molecule has 0 saturated carbocycles. The molecule has 1 aliphatic heterocycles. The van der Waals surface area contributed by atoms with Crippen molar-refractivity contribution < 1.29 is 14.3 Å². The van der Waals surface area contributed by atoms with Gasteiger partial charge in [0.2, 0.25) is 5.91 Å². The van der Waals surface area contributed by atoms with Crippen molar-refractivity contribution in [1.29, 1.82) is 0 Å². The van der Waals surface area contributed by atoms with Crippen LogP contribution in [0, 0.1) is 6.92 Å². The summed E-state index contributed by atoms with van der Waals surface area (Å²) in [6.07, 6.45) is 1.48. The Morgan fingerprint density at radius 3 is 2.54 bits per heavy atom. The van der Waals surface area contributed by atoms with Crippen LogP contribution in [0.5, 0.6) is 5.75 Å². The minimum atomic E-state index is -0.183. The Morgan fingerprint density at radius 2 is 1.92 bits per heavy atom. The molecule has 1 fully saturated rings. The summed E-state index contributed by atoms with van der Waals surface area (Å²) in [7, 11) is 1.63. The van der Waals surface area contributed by atoms with E-state index in [2.05, 4.69) is 5.32 Å². The lowest BCUT2D eigenvalue weighted by atomic mass is 10.0. The zero-order valence-corrected chi connectivity index (χ0v) is 15.4. The molecule has 0 aromatic heterocycles. The summed E-state index contributed by atoms with van der Waals surface area (Å²) in [6, 6.07) is 12.9. The fraction of sp³-hybridized carbons (Fsp3) is 0.333. The number of carbonyl (C=O) groups is 2. The fourth-order valence-electron chi connectivity index (χ4n) is 3.26. The van der Waals surface area contributed by atoms with Gasteiger partial charge in [-0.1, -0.05) is 17.7 Å². The first kappa shape index (κ1) is 18.0. The van der Waals surface area contributed by atoms with Crippen LogP contribution in [0.25, 0.3) is 0 Å². The highest BCUT2D eigenvalue weighted by atomic mass is 16.5. The van der Waals surface area contributed by atoms with Crippen LogP contribution in [0.1, 0.15) is 47.3 Å². The second kappa shape index (κ2) is 7.60. The van der Waals surface area contributed by atoms with Crippen LogP contribution < -0.4 is 15.0 Å². The van der Waals surface area contributed by atoms with E-state index in [0.29, 0.717) is 12.0 Å². The molecule has 1 N–H and O–H groups in total. The maximum absolute atomic E-state index is 12.6. The van der Waals surface area contributed by atoms with Crippen molar-refractivity contribution in [2.24, 2.45) is 0 Å². The average Bonchev–Trinajstić information content (AvgIpc) is 3.07. The molecule has 2 aromatic carbocycles. The molecule has 1 heterocycles. The summed E-state index contributed by atoms with van der Waals surface area (Å²) < 4.78 is 5.40. The van der Waals surface area contributed by atoms with Crippen molar-refractivity contribution >= 4 is 17.5 Å². The number of nitrogens with one attached hydrogen (secondary N) is 1. The van der Waals surface area contributed by atoms with E-state index in [9.17, 15) is 9.59 Å². The maximum atomic E-state index is 12.6. The van der Waals surface area contributed by atoms with Crippen molar-refractivity contribution in [2.75, 3.05) is 18.6 Å². The molecule has 0 unspecified atom stereocenters. The molecule has 0 spiro atoms. The third-order valence-corrected chi connectivity index (χ3v) is 4.71. The molecule has 5 heteroatoms. The van der Waals surface area contributed by atoms with E-state index in [1.54, 1.807) is 24.1 Å². The number of hydrogen-bond donors (Lipinski definition) is 1. The molecule has 1 aliphatic rings. The lowest BCUT2D eigenvalue weighted by molar-refractivity contribution is -0.117. The lowest BCUT2D eigenvalue weighted by Gasteiger charge is -2.19. The van der Waals surface area contributed by atoms with E-state index in [-0.39, 0.29) is 17.9 Å². The molecule has 5 nitrogen and oxygen atoms in total. The van der Waals surface area contributed by atoms with Gasteiger partial charge < -0.3 is 15.0 Å². The van der Waals surface area contributed by atoms with Gasteiger partial charge in [0.05, 0.1) is 13.2 Å². The van der Waals surface area contributed by atoms with Gasteiger partial charge in [-0.05, 0) is 50.6 Å². The van der Waals surface area contributed by atoms with Crippen LogP contribution in [0.4, 0.5) is 5.69 Å². The minimum Gasteiger partial charge on any atom is -0.496 e. The predicted molar refractivity (Wildman–Crippen MR) is 102 cm³/mol.